The number of carbonyl (C=O) groups excluding carboxylic acids is 2. The monoisotopic (exact) mass is 466 g/mol. The molecule has 12 heteroatoms. The lowest BCUT2D eigenvalue weighted by Crippen LogP contribution is -2.50. The van der Waals surface area contributed by atoms with Gasteiger partial charge >= 0.3 is 0 Å². The summed E-state index contributed by atoms with van der Waals surface area (Å²) in [5.74, 6) is -1.75. The highest BCUT2D eigenvalue weighted by atomic mass is 32.2. The number of thiophene rings is 1. The van der Waals surface area contributed by atoms with E-state index in [4.69, 9.17) is 4.74 Å². The number of nitrogens with zero attached hydrogens (tertiary/aromatic N) is 2. The van der Waals surface area contributed by atoms with Gasteiger partial charge in [-0.25, -0.2) is 8.42 Å². The number of ether oxygens (including phenoxy) is 1. The molecule has 2 aliphatic rings. The standard InChI is InChI=1S/C19H21N3O7S2/c23-16(10-29-11-17(24)25)21-7-12-6-13(9-21)15-4-3-14(19(26)22(15)8-12)20-31(27,28)18-2-1-5-30-18/h1-5,12-13,20H,6-11H2,(H,24,25)/p-1/t12-,13+/m0/s1. The van der Waals surface area contributed by atoms with E-state index in [0.717, 1.165) is 23.5 Å². The van der Waals surface area contributed by atoms with Crippen LogP contribution in [0.15, 0.2) is 38.6 Å². The molecule has 10 nitrogen and oxygen atoms in total. The van der Waals surface area contributed by atoms with Crippen LogP contribution in [0.5, 0.6) is 0 Å². The first-order valence-corrected chi connectivity index (χ1v) is 12.0. The third kappa shape index (κ3) is 4.50. The van der Waals surface area contributed by atoms with Crippen LogP contribution in [0.2, 0.25) is 0 Å². The van der Waals surface area contributed by atoms with E-state index in [-0.39, 0.29) is 34.2 Å². The van der Waals surface area contributed by atoms with Gasteiger partial charge in [-0.05, 0) is 35.9 Å². The van der Waals surface area contributed by atoms with Gasteiger partial charge in [-0.1, -0.05) is 6.07 Å². The first-order valence-electron chi connectivity index (χ1n) is 9.60. The number of hydrogen-bond donors (Lipinski definition) is 1. The number of carboxylic acids is 1. The molecule has 31 heavy (non-hydrogen) atoms. The highest BCUT2D eigenvalue weighted by Gasteiger charge is 2.36. The molecular formula is C19H20N3O7S2-. The predicted molar refractivity (Wildman–Crippen MR) is 109 cm³/mol. The van der Waals surface area contributed by atoms with E-state index in [2.05, 4.69) is 4.72 Å². The minimum absolute atomic E-state index is 0.0132. The zero-order chi connectivity index (χ0) is 22.2. The lowest BCUT2D eigenvalue weighted by molar-refractivity contribution is -0.309. The van der Waals surface area contributed by atoms with Crippen LogP contribution in [0, 0.1) is 5.92 Å². The molecule has 0 saturated carbocycles. The maximum absolute atomic E-state index is 13.0. The van der Waals surface area contributed by atoms with Crippen LogP contribution in [0.25, 0.3) is 0 Å². The number of rotatable bonds is 7. The Morgan fingerprint density at radius 3 is 2.71 bits per heavy atom. The molecule has 1 amide bonds. The Labute approximate surface area is 182 Å². The second-order valence-corrected chi connectivity index (χ2v) is 10.4. The van der Waals surface area contributed by atoms with Gasteiger partial charge in [0.1, 0.15) is 16.5 Å². The number of fused-ring (bicyclic) bond motifs is 4. The highest BCUT2D eigenvalue weighted by Crippen LogP contribution is 2.35. The van der Waals surface area contributed by atoms with Crippen molar-refractivity contribution in [3.63, 3.8) is 0 Å². The second kappa shape index (κ2) is 8.44. The summed E-state index contributed by atoms with van der Waals surface area (Å²) in [6.07, 6.45) is 0.809. The molecule has 2 aliphatic heterocycles. The lowest BCUT2D eigenvalue weighted by Gasteiger charge is -2.42. The zero-order valence-corrected chi connectivity index (χ0v) is 18.0. The number of pyridine rings is 1. The molecule has 1 fully saturated rings. The number of anilines is 1. The molecule has 0 aliphatic carbocycles. The SMILES string of the molecule is O=C([O-])COCC(=O)N1C[C@@H]2C[C@H](C1)c1ccc(NS(=O)(=O)c3cccs3)c(=O)n1C2. The maximum atomic E-state index is 13.0. The summed E-state index contributed by atoms with van der Waals surface area (Å²) in [5, 5.41) is 12.1. The van der Waals surface area contributed by atoms with E-state index in [9.17, 15) is 27.9 Å². The summed E-state index contributed by atoms with van der Waals surface area (Å²) in [7, 11) is -3.83. The molecule has 4 heterocycles. The number of carboxylic acid groups (broad SMARTS) is 1. The first-order chi connectivity index (χ1) is 14.7. The van der Waals surface area contributed by atoms with Crippen molar-refractivity contribution < 1.29 is 27.9 Å². The van der Waals surface area contributed by atoms with Crippen LogP contribution in [-0.2, 0) is 30.9 Å². The van der Waals surface area contributed by atoms with Crippen molar-refractivity contribution in [3.05, 3.63) is 45.7 Å². The van der Waals surface area contributed by atoms with Crippen LogP contribution >= 0.6 is 11.3 Å². The van der Waals surface area contributed by atoms with Crippen molar-refractivity contribution in [1.82, 2.24) is 9.47 Å². The lowest BCUT2D eigenvalue weighted by atomic mass is 9.83. The molecular weight excluding hydrogens is 446 g/mol. The van der Waals surface area contributed by atoms with Crippen LogP contribution in [0.3, 0.4) is 0 Å². The summed E-state index contributed by atoms with van der Waals surface area (Å²) in [5.41, 5.74) is 0.318. The third-order valence-electron chi connectivity index (χ3n) is 5.41. The van der Waals surface area contributed by atoms with Crippen molar-refractivity contribution in [2.24, 2.45) is 5.92 Å². The van der Waals surface area contributed by atoms with Crippen molar-refractivity contribution in [2.75, 3.05) is 31.0 Å². The topological polar surface area (TPSA) is 138 Å². The molecule has 0 radical (unpaired) electrons. The fourth-order valence-electron chi connectivity index (χ4n) is 4.15. The fourth-order valence-corrected chi connectivity index (χ4v) is 6.20. The van der Waals surface area contributed by atoms with Crippen LogP contribution in [0.4, 0.5) is 5.69 Å². The minimum atomic E-state index is -3.83. The van der Waals surface area contributed by atoms with Gasteiger partial charge in [-0.15, -0.1) is 11.3 Å². The summed E-state index contributed by atoms with van der Waals surface area (Å²) in [4.78, 5) is 37.4. The maximum Gasteiger partial charge on any atom is 0.275 e. The van der Waals surface area contributed by atoms with E-state index in [1.54, 1.807) is 27.0 Å². The van der Waals surface area contributed by atoms with E-state index < -0.39 is 28.2 Å². The number of nitrogens with one attached hydrogen (secondary N) is 1. The fraction of sp³-hybridized carbons (Fsp3) is 0.421. The molecule has 0 unspecified atom stereocenters. The molecule has 1 N–H and O–H groups in total. The molecule has 166 valence electrons. The Hall–Kier alpha value is -2.70. The normalized spacial score (nSPS) is 20.2. The summed E-state index contributed by atoms with van der Waals surface area (Å²) in [6, 6.07) is 6.27. The Morgan fingerprint density at radius 2 is 2.00 bits per heavy atom. The molecule has 1 saturated heterocycles. The number of piperidine rings is 1. The Kier molecular flexibility index (Phi) is 5.86. The number of carbonyl (C=O) groups is 2. The third-order valence-corrected chi connectivity index (χ3v) is 8.17. The largest absolute Gasteiger partial charge is 0.548 e. The van der Waals surface area contributed by atoms with Gasteiger partial charge < -0.3 is 24.1 Å². The molecule has 0 aromatic carbocycles. The van der Waals surface area contributed by atoms with Gasteiger partial charge in [0.25, 0.3) is 15.6 Å². The summed E-state index contributed by atoms with van der Waals surface area (Å²) in [6.45, 7) is 0.173. The predicted octanol–water partition coefficient (Wildman–Crippen LogP) is -0.577. The zero-order valence-electron chi connectivity index (χ0n) is 16.4. The number of amides is 1. The number of hydrogen-bond acceptors (Lipinski definition) is 8. The first kappa shape index (κ1) is 21.5. The van der Waals surface area contributed by atoms with Gasteiger partial charge in [0, 0.05) is 31.2 Å². The van der Waals surface area contributed by atoms with Gasteiger partial charge in [-0.2, -0.15) is 0 Å². The van der Waals surface area contributed by atoms with Gasteiger partial charge in [-0.3, -0.25) is 14.3 Å². The Morgan fingerprint density at radius 1 is 1.19 bits per heavy atom. The highest BCUT2D eigenvalue weighted by molar-refractivity contribution is 7.94. The van der Waals surface area contributed by atoms with Crippen LogP contribution in [0.1, 0.15) is 18.0 Å². The van der Waals surface area contributed by atoms with E-state index in [1.165, 1.54) is 12.1 Å². The Bertz CT molecular complexity index is 1160. The summed E-state index contributed by atoms with van der Waals surface area (Å²) < 4.78 is 33.9. The molecule has 0 spiro atoms. The molecule has 2 aromatic heterocycles. The number of sulfonamides is 1. The quantitative estimate of drug-likeness (QED) is 0.576. The molecule has 4 rings (SSSR count). The van der Waals surface area contributed by atoms with Crippen molar-refractivity contribution in [3.8, 4) is 0 Å². The number of aromatic nitrogens is 1. The molecule has 2 aromatic rings. The number of likely N-dealkylation sites (tertiary alicyclic amines) is 1. The van der Waals surface area contributed by atoms with Gasteiger partial charge in [0.15, 0.2) is 0 Å². The molecule has 2 bridgehead atoms. The van der Waals surface area contributed by atoms with Gasteiger partial charge in [0.05, 0.1) is 12.6 Å². The van der Waals surface area contributed by atoms with Crippen LogP contribution < -0.4 is 15.4 Å². The van der Waals surface area contributed by atoms with E-state index >= 15 is 0 Å². The van der Waals surface area contributed by atoms with Crippen molar-refractivity contribution in [2.45, 2.75) is 23.1 Å². The van der Waals surface area contributed by atoms with Crippen LogP contribution in [-0.4, -0.2) is 56.1 Å². The summed E-state index contributed by atoms with van der Waals surface area (Å²) >= 11 is 1.06. The average molecular weight is 467 g/mol. The van der Waals surface area contributed by atoms with E-state index in [0.29, 0.717) is 19.6 Å². The second-order valence-electron chi connectivity index (χ2n) is 7.59. The van der Waals surface area contributed by atoms with Crippen molar-refractivity contribution >= 4 is 38.9 Å². The van der Waals surface area contributed by atoms with Crippen molar-refractivity contribution in [1.29, 1.82) is 0 Å². The minimum Gasteiger partial charge on any atom is -0.548 e. The Balaban J connectivity index is 1.52. The van der Waals surface area contributed by atoms with Gasteiger partial charge in [0.2, 0.25) is 5.91 Å². The smallest absolute Gasteiger partial charge is 0.275 e. The molecule has 2 atom stereocenters. The number of aliphatic carboxylic acids is 1. The van der Waals surface area contributed by atoms with E-state index in [1.807, 2.05) is 0 Å². The average Bonchev–Trinajstić information content (AvgIpc) is 3.26.